The number of fused-ring (bicyclic) bond motifs is 1. The van der Waals surface area contributed by atoms with Crippen LogP contribution in [0.5, 0.6) is 5.75 Å². The monoisotopic (exact) mass is 212 g/mol. The molecule has 16 heavy (non-hydrogen) atoms. The molecule has 1 aliphatic rings. The van der Waals surface area contributed by atoms with Crippen molar-refractivity contribution in [3.05, 3.63) is 59.7 Å². The molecule has 0 bridgehead atoms. The lowest BCUT2D eigenvalue weighted by Gasteiger charge is -1.95. The Hall–Kier alpha value is -2.29. The third-order valence-electron chi connectivity index (χ3n) is 2.39. The van der Waals surface area contributed by atoms with Crippen LogP contribution in [0.25, 0.3) is 6.08 Å². The summed E-state index contributed by atoms with van der Waals surface area (Å²) >= 11 is 0. The molecule has 3 rings (SSSR count). The summed E-state index contributed by atoms with van der Waals surface area (Å²) in [5, 5.41) is 0. The van der Waals surface area contributed by atoms with Crippen LogP contribution < -0.4 is 4.74 Å². The predicted molar refractivity (Wildman–Crippen MR) is 58.1 cm³/mol. The highest BCUT2D eigenvalue weighted by atomic mass is 16.5. The van der Waals surface area contributed by atoms with Gasteiger partial charge in [0.25, 0.3) is 0 Å². The largest absolute Gasteiger partial charge is 0.465 e. The maximum Gasteiger partial charge on any atom is 0.232 e. The van der Waals surface area contributed by atoms with E-state index in [0.29, 0.717) is 22.8 Å². The zero-order valence-electron chi connectivity index (χ0n) is 8.34. The maximum atomic E-state index is 11.9. The zero-order chi connectivity index (χ0) is 11.0. The van der Waals surface area contributed by atoms with E-state index >= 15 is 0 Å². The Labute approximate surface area is 92.0 Å². The van der Waals surface area contributed by atoms with Crippen molar-refractivity contribution in [1.82, 2.24) is 0 Å². The van der Waals surface area contributed by atoms with E-state index in [0.717, 1.165) is 0 Å². The number of hydrogen-bond donors (Lipinski definition) is 0. The van der Waals surface area contributed by atoms with Gasteiger partial charge in [0.2, 0.25) is 5.78 Å². The van der Waals surface area contributed by atoms with E-state index in [-0.39, 0.29) is 5.78 Å². The molecule has 0 atom stereocenters. The molecule has 2 heterocycles. The fourth-order valence-corrected chi connectivity index (χ4v) is 1.64. The Morgan fingerprint density at radius 2 is 1.94 bits per heavy atom. The van der Waals surface area contributed by atoms with E-state index in [1.54, 1.807) is 36.6 Å². The molecule has 78 valence electrons. The average molecular weight is 212 g/mol. The van der Waals surface area contributed by atoms with Crippen molar-refractivity contribution in [3.8, 4) is 5.75 Å². The molecule has 2 aromatic rings. The number of ketones is 1. The highest BCUT2D eigenvalue weighted by Crippen LogP contribution is 2.31. The van der Waals surface area contributed by atoms with Gasteiger partial charge in [0, 0.05) is 6.08 Å². The average Bonchev–Trinajstić information content (AvgIpc) is 2.90. The second-order valence-electron chi connectivity index (χ2n) is 3.45. The number of carbonyl (C=O) groups is 1. The number of allylic oxidation sites excluding steroid dienone is 1. The summed E-state index contributed by atoms with van der Waals surface area (Å²) in [5.74, 6) is 1.41. The van der Waals surface area contributed by atoms with Gasteiger partial charge in [0.15, 0.2) is 5.76 Å². The third kappa shape index (κ3) is 1.34. The number of ether oxygens (including phenoxy) is 1. The van der Waals surface area contributed by atoms with Gasteiger partial charge in [-0.05, 0) is 24.3 Å². The second kappa shape index (κ2) is 3.38. The van der Waals surface area contributed by atoms with Crippen molar-refractivity contribution >= 4 is 11.9 Å². The fraction of sp³-hybridized carbons (Fsp3) is 0. The van der Waals surface area contributed by atoms with Gasteiger partial charge in [-0.1, -0.05) is 12.1 Å². The van der Waals surface area contributed by atoms with Gasteiger partial charge in [-0.2, -0.15) is 0 Å². The van der Waals surface area contributed by atoms with Crippen molar-refractivity contribution in [1.29, 1.82) is 0 Å². The van der Waals surface area contributed by atoms with Crippen LogP contribution in [0, 0.1) is 0 Å². The van der Waals surface area contributed by atoms with E-state index in [9.17, 15) is 4.79 Å². The van der Waals surface area contributed by atoms with Crippen LogP contribution >= 0.6 is 0 Å². The molecule has 0 saturated heterocycles. The number of hydrogen-bond acceptors (Lipinski definition) is 3. The first-order valence-electron chi connectivity index (χ1n) is 4.91. The van der Waals surface area contributed by atoms with Crippen LogP contribution in [0.4, 0.5) is 0 Å². The molecule has 0 amide bonds. The lowest BCUT2D eigenvalue weighted by molar-refractivity contribution is 0.101. The molecular weight excluding hydrogens is 204 g/mol. The van der Waals surface area contributed by atoms with Gasteiger partial charge >= 0.3 is 0 Å². The molecule has 0 spiro atoms. The second-order valence-corrected chi connectivity index (χ2v) is 3.45. The Kier molecular flexibility index (Phi) is 1.90. The van der Waals surface area contributed by atoms with Gasteiger partial charge in [-0.3, -0.25) is 4.79 Å². The number of carbonyl (C=O) groups excluding carboxylic acids is 1. The molecule has 0 saturated carbocycles. The smallest absolute Gasteiger partial charge is 0.232 e. The number of rotatable bonds is 1. The van der Waals surface area contributed by atoms with Gasteiger partial charge < -0.3 is 9.15 Å². The standard InChI is InChI=1S/C13H8O3/c14-13-10-5-1-2-6-11(10)16-12(13)8-9-4-3-7-15-9/h1-8H/b12-8-. The van der Waals surface area contributed by atoms with Crippen molar-refractivity contribution in [2.75, 3.05) is 0 Å². The van der Waals surface area contributed by atoms with E-state index < -0.39 is 0 Å². The van der Waals surface area contributed by atoms with E-state index in [2.05, 4.69) is 0 Å². The summed E-state index contributed by atoms with van der Waals surface area (Å²) in [7, 11) is 0. The Morgan fingerprint density at radius 3 is 2.69 bits per heavy atom. The minimum atomic E-state index is -0.105. The van der Waals surface area contributed by atoms with Crippen LogP contribution in [0.2, 0.25) is 0 Å². The van der Waals surface area contributed by atoms with E-state index in [1.807, 2.05) is 12.1 Å². The van der Waals surface area contributed by atoms with Crippen LogP contribution in [-0.4, -0.2) is 5.78 Å². The molecule has 0 unspecified atom stereocenters. The number of para-hydroxylation sites is 1. The fourth-order valence-electron chi connectivity index (χ4n) is 1.64. The van der Waals surface area contributed by atoms with Crippen LogP contribution in [0.1, 0.15) is 16.1 Å². The molecule has 0 radical (unpaired) electrons. The Bertz CT molecular complexity index is 565. The van der Waals surface area contributed by atoms with Gasteiger partial charge in [0.1, 0.15) is 11.5 Å². The van der Waals surface area contributed by atoms with Crippen LogP contribution in [0.3, 0.4) is 0 Å². The lowest BCUT2D eigenvalue weighted by Crippen LogP contribution is -1.97. The first-order chi connectivity index (χ1) is 7.84. The number of benzene rings is 1. The molecule has 1 aliphatic heterocycles. The highest BCUT2D eigenvalue weighted by molar-refractivity contribution is 6.14. The summed E-state index contributed by atoms with van der Waals surface area (Å²) < 4.78 is 10.6. The summed E-state index contributed by atoms with van der Waals surface area (Å²) in [5.41, 5.74) is 0.598. The minimum Gasteiger partial charge on any atom is -0.465 e. The molecule has 3 heteroatoms. The summed E-state index contributed by atoms with van der Waals surface area (Å²) in [4.78, 5) is 11.9. The summed E-state index contributed by atoms with van der Waals surface area (Å²) in [6, 6.07) is 10.7. The number of furan rings is 1. The van der Waals surface area contributed by atoms with Gasteiger partial charge in [-0.25, -0.2) is 0 Å². The van der Waals surface area contributed by atoms with Gasteiger partial charge in [0.05, 0.1) is 11.8 Å². The predicted octanol–water partition coefficient (Wildman–Crippen LogP) is 2.90. The highest BCUT2D eigenvalue weighted by Gasteiger charge is 2.26. The van der Waals surface area contributed by atoms with Crippen molar-refractivity contribution in [2.45, 2.75) is 0 Å². The first kappa shape index (κ1) is 8.97. The SMILES string of the molecule is O=C1/C(=C/c2ccco2)Oc2ccccc21. The first-order valence-corrected chi connectivity index (χ1v) is 4.91. The van der Waals surface area contributed by atoms with Crippen LogP contribution in [0.15, 0.2) is 52.8 Å². The number of Topliss-reactive ketones (excluding diaryl/α,β-unsaturated/α-hetero) is 1. The minimum absolute atomic E-state index is 0.105. The third-order valence-corrected chi connectivity index (χ3v) is 2.39. The van der Waals surface area contributed by atoms with Crippen molar-refractivity contribution < 1.29 is 13.9 Å². The summed E-state index contributed by atoms with van der Waals surface area (Å²) in [6.07, 6.45) is 3.15. The molecule has 1 aromatic heterocycles. The maximum absolute atomic E-state index is 11.9. The van der Waals surface area contributed by atoms with E-state index in [1.165, 1.54) is 0 Å². The zero-order valence-corrected chi connectivity index (χ0v) is 8.34. The molecule has 0 aliphatic carbocycles. The molecular formula is C13H8O3. The Balaban J connectivity index is 2.02. The molecule has 1 aromatic carbocycles. The van der Waals surface area contributed by atoms with Crippen LogP contribution in [-0.2, 0) is 0 Å². The molecule has 0 N–H and O–H groups in total. The van der Waals surface area contributed by atoms with E-state index in [4.69, 9.17) is 9.15 Å². The molecule has 3 nitrogen and oxygen atoms in total. The van der Waals surface area contributed by atoms with Gasteiger partial charge in [-0.15, -0.1) is 0 Å². The lowest BCUT2D eigenvalue weighted by atomic mass is 10.1. The summed E-state index contributed by atoms with van der Waals surface area (Å²) in [6.45, 7) is 0. The Morgan fingerprint density at radius 1 is 1.06 bits per heavy atom. The van der Waals surface area contributed by atoms with Crippen molar-refractivity contribution in [2.24, 2.45) is 0 Å². The quantitative estimate of drug-likeness (QED) is 0.682. The normalized spacial score (nSPS) is 16.2. The van der Waals surface area contributed by atoms with Crippen molar-refractivity contribution in [3.63, 3.8) is 0 Å². The topological polar surface area (TPSA) is 39.4 Å². The molecule has 0 fully saturated rings.